The Morgan fingerprint density at radius 3 is 2.76 bits per heavy atom. The first-order chi connectivity index (χ1) is 7.82. The largest absolute Gasteiger partial charge is 0.369 e. The molecular weight excluding hydrogens is 324 g/mol. The zero-order valence-corrected chi connectivity index (χ0v) is 12.4. The number of carbonyl (C=O) groups excluding carboxylic acids is 1. The van der Waals surface area contributed by atoms with Crippen molar-refractivity contribution in [3.05, 3.63) is 26.6 Å². The van der Waals surface area contributed by atoms with Crippen molar-refractivity contribution in [2.24, 2.45) is 5.73 Å². The number of rotatable bonds is 2. The lowest BCUT2D eigenvalue weighted by Gasteiger charge is -2.16. The van der Waals surface area contributed by atoms with Gasteiger partial charge in [-0.1, -0.05) is 11.6 Å². The zero-order chi connectivity index (χ0) is 12.8. The summed E-state index contributed by atoms with van der Waals surface area (Å²) in [5.74, 6) is -0.390. The number of primary amides is 1. The molecule has 2 N–H and O–H groups in total. The van der Waals surface area contributed by atoms with Crippen LogP contribution in [0.25, 0.3) is 10.2 Å². The van der Waals surface area contributed by atoms with Crippen LogP contribution >= 0.6 is 38.9 Å². The summed E-state index contributed by atoms with van der Waals surface area (Å²) in [6.45, 7) is 3.53. The van der Waals surface area contributed by atoms with Gasteiger partial charge >= 0.3 is 0 Å². The summed E-state index contributed by atoms with van der Waals surface area (Å²) >= 11 is 10.8. The number of fused-ring (bicyclic) bond motifs is 1. The number of hydrogen-bond donors (Lipinski definition) is 1. The lowest BCUT2D eigenvalue weighted by Crippen LogP contribution is -2.35. The summed E-state index contributed by atoms with van der Waals surface area (Å²) in [7, 11) is 0. The van der Waals surface area contributed by atoms with E-state index < -0.39 is 11.3 Å². The van der Waals surface area contributed by atoms with Crippen LogP contribution in [0.15, 0.2) is 16.6 Å². The molecule has 2 aromatic rings. The molecule has 0 aliphatic rings. The number of amides is 1. The average molecular weight is 334 g/mol. The van der Waals surface area contributed by atoms with Gasteiger partial charge in [0.1, 0.15) is 5.01 Å². The first kappa shape index (κ1) is 12.8. The Morgan fingerprint density at radius 2 is 2.18 bits per heavy atom. The van der Waals surface area contributed by atoms with Crippen LogP contribution in [0, 0.1) is 0 Å². The summed E-state index contributed by atoms with van der Waals surface area (Å²) < 4.78 is 1.76. The summed E-state index contributed by atoms with van der Waals surface area (Å²) in [5.41, 5.74) is 5.42. The van der Waals surface area contributed by atoms with Gasteiger partial charge in [0, 0.05) is 9.50 Å². The molecule has 0 unspecified atom stereocenters. The van der Waals surface area contributed by atoms with E-state index in [0.29, 0.717) is 10.0 Å². The van der Waals surface area contributed by atoms with Gasteiger partial charge in [-0.05, 0) is 41.9 Å². The van der Waals surface area contributed by atoms with Crippen molar-refractivity contribution < 1.29 is 4.79 Å². The van der Waals surface area contributed by atoms with Crippen LogP contribution < -0.4 is 5.73 Å². The highest BCUT2D eigenvalue weighted by Crippen LogP contribution is 2.36. The standard InChI is InChI=1S/C11H10BrClN2OS/c1-11(2,9(14)16)10-15-8-6(12)3-5(13)4-7(8)17-10/h3-4H,1-2H3,(H2,14,16). The Hall–Kier alpha value is -0.650. The molecule has 0 atom stereocenters. The minimum atomic E-state index is -0.768. The van der Waals surface area contributed by atoms with Crippen LogP contribution in [0.5, 0.6) is 0 Å². The molecule has 1 aromatic carbocycles. The van der Waals surface area contributed by atoms with Crippen molar-refractivity contribution in [3.8, 4) is 0 Å². The maximum absolute atomic E-state index is 11.4. The van der Waals surface area contributed by atoms with Crippen LogP contribution in [0.2, 0.25) is 5.02 Å². The molecule has 3 nitrogen and oxygen atoms in total. The summed E-state index contributed by atoms with van der Waals surface area (Å²) in [4.78, 5) is 15.9. The third-order valence-electron chi connectivity index (χ3n) is 2.56. The van der Waals surface area contributed by atoms with E-state index in [1.165, 1.54) is 11.3 Å². The molecule has 0 aliphatic heterocycles. The molecule has 1 amide bonds. The van der Waals surface area contributed by atoms with Gasteiger partial charge in [-0.15, -0.1) is 11.3 Å². The fourth-order valence-electron chi connectivity index (χ4n) is 1.33. The smallest absolute Gasteiger partial charge is 0.229 e. The van der Waals surface area contributed by atoms with Crippen LogP contribution in [-0.4, -0.2) is 10.9 Å². The highest BCUT2D eigenvalue weighted by molar-refractivity contribution is 9.10. The normalized spacial score (nSPS) is 12.0. The van der Waals surface area contributed by atoms with Gasteiger partial charge in [-0.2, -0.15) is 0 Å². The van der Waals surface area contributed by atoms with E-state index >= 15 is 0 Å². The predicted octanol–water partition coefficient (Wildman–Crippen LogP) is 3.48. The second-order valence-corrected chi connectivity index (χ2v) is 6.56. The second-order valence-electron chi connectivity index (χ2n) is 4.24. The van der Waals surface area contributed by atoms with E-state index in [1.54, 1.807) is 19.9 Å². The molecule has 0 saturated heterocycles. The van der Waals surface area contributed by atoms with Gasteiger partial charge in [-0.25, -0.2) is 4.98 Å². The van der Waals surface area contributed by atoms with Crippen LogP contribution in [0.3, 0.4) is 0 Å². The third-order valence-corrected chi connectivity index (χ3v) is 4.71. The molecule has 0 radical (unpaired) electrons. The number of aromatic nitrogens is 1. The zero-order valence-electron chi connectivity index (χ0n) is 9.25. The van der Waals surface area contributed by atoms with Crippen LogP contribution in [-0.2, 0) is 10.2 Å². The fourth-order valence-corrected chi connectivity index (χ4v) is 3.56. The molecule has 1 heterocycles. The number of benzene rings is 1. The third kappa shape index (κ3) is 2.19. The number of nitrogens with zero attached hydrogens (tertiary/aromatic N) is 1. The fraction of sp³-hybridized carbons (Fsp3) is 0.273. The summed E-state index contributed by atoms with van der Waals surface area (Å²) in [6, 6.07) is 3.62. The Balaban J connectivity index is 2.67. The topological polar surface area (TPSA) is 56.0 Å². The van der Waals surface area contributed by atoms with E-state index in [-0.39, 0.29) is 0 Å². The molecular formula is C11H10BrClN2OS. The quantitative estimate of drug-likeness (QED) is 0.915. The van der Waals surface area contributed by atoms with Crippen molar-refractivity contribution in [1.82, 2.24) is 4.98 Å². The first-order valence-corrected chi connectivity index (χ1v) is 6.87. The number of carbonyl (C=O) groups is 1. The van der Waals surface area contributed by atoms with E-state index in [2.05, 4.69) is 20.9 Å². The van der Waals surface area contributed by atoms with E-state index in [9.17, 15) is 4.79 Å². The summed E-state index contributed by atoms with van der Waals surface area (Å²) in [5, 5.41) is 1.33. The molecule has 0 saturated carbocycles. The Kier molecular flexibility index (Phi) is 3.18. The van der Waals surface area contributed by atoms with Crippen LogP contribution in [0.4, 0.5) is 0 Å². The number of thiazole rings is 1. The lowest BCUT2D eigenvalue weighted by molar-refractivity contribution is -0.122. The van der Waals surface area contributed by atoms with Crippen molar-refractivity contribution >= 4 is 55.0 Å². The van der Waals surface area contributed by atoms with Crippen LogP contribution in [0.1, 0.15) is 18.9 Å². The minimum absolute atomic E-state index is 0.390. The highest BCUT2D eigenvalue weighted by atomic mass is 79.9. The lowest BCUT2D eigenvalue weighted by atomic mass is 9.94. The number of hydrogen-bond acceptors (Lipinski definition) is 3. The van der Waals surface area contributed by atoms with Gasteiger partial charge in [0.05, 0.1) is 15.6 Å². The molecule has 17 heavy (non-hydrogen) atoms. The summed E-state index contributed by atoms with van der Waals surface area (Å²) in [6.07, 6.45) is 0. The maximum Gasteiger partial charge on any atom is 0.229 e. The Labute approximate surface area is 116 Å². The molecule has 0 bridgehead atoms. The molecule has 0 spiro atoms. The monoisotopic (exact) mass is 332 g/mol. The van der Waals surface area contributed by atoms with E-state index in [0.717, 1.165) is 14.7 Å². The van der Waals surface area contributed by atoms with Crippen molar-refractivity contribution in [2.45, 2.75) is 19.3 Å². The van der Waals surface area contributed by atoms with Gasteiger partial charge in [0.2, 0.25) is 5.91 Å². The van der Waals surface area contributed by atoms with Gasteiger partial charge in [0.15, 0.2) is 0 Å². The van der Waals surface area contributed by atoms with Gasteiger partial charge in [-0.3, -0.25) is 4.79 Å². The molecule has 6 heteroatoms. The molecule has 2 rings (SSSR count). The maximum atomic E-state index is 11.4. The Morgan fingerprint density at radius 1 is 1.53 bits per heavy atom. The SMILES string of the molecule is CC(C)(C(N)=O)c1nc2c(Br)cc(Cl)cc2s1. The number of nitrogens with two attached hydrogens (primary N) is 1. The molecule has 0 fully saturated rings. The molecule has 0 aliphatic carbocycles. The van der Waals surface area contributed by atoms with E-state index in [4.69, 9.17) is 17.3 Å². The van der Waals surface area contributed by atoms with Crippen molar-refractivity contribution in [2.75, 3.05) is 0 Å². The minimum Gasteiger partial charge on any atom is -0.369 e. The Bertz CT molecular complexity index is 609. The average Bonchev–Trinajstić information content (AvgIpc) is 2.61. The van der Waals surface area contributed by atoms with E-state index in [1.807, 2.05) is 6.07 Å². The molecule has 90 valence electrons. The molecule has 1 aromatic heterocycles. The predicted molar refractivity (Wildman–Crippen MR) is 74.6 cm³/mol. The van der Waals surface area contributed by atoms with Gasteiger partial charge < -0.3 is 5.73 Å². The first-order valence-electron chi connectivity index (χ1n) is 4.88. The second kappa shape index (κ2) is 4.23. The number of halogens is 2. The van der Waals surface area contributed by atoms with Gasteiger partial charge in [0.25, 0.3) is 0 Å². The highest BCUT2D eigenvalue weighted by Gasteiger charge is 2.31. The van der Waals surface area contributed by atoms with Crippen molar-refractivity contribution in [3.63, 3.8) is 0 Å². The van der Waals surface area contributed by atoms with Crippen molar-refractivity contribution in [1.29, 1.82) is 0 Å².